The van der Waals surface area contributed by atoms with Crippen molar-refractivity contribution in [3.8, 4) is 5.75 Å². The van der Waals surface area contributed by atoms with Crippen LogP contribution in [0, 0.1) is 11.8 Å². The molecular weight excluding hydrogens is 968 g/mol. The van der Waals surface area contributed by atoms with Crippen molar-refractivity contribution in [1.82, 2.24) is 0 Å². The van der Waals surface area contributed by atoms with E-state index in [2.05, 4.69) is 178 Å². The number of methoxy groups -OCH3 is 1. The number of Topliss-reactive ketones (excluding diaryl/α,β-unsaturated/α-hetero) is 1. The molecule has 0 spiro atoms. The number of hydrogen-bond acceptors (Lipinski definition) is 8. The van der Waals surface area contributed by atoms with Crippen molar-refractivity contribution in [2.75, 3.05) is 13.7 Å². The molecular formula is C50H95IO8Si4. The molecule has 8 nitrogen and oxygen atoms in total. The van der Waals surface area contributed by atoms with Crippen molar-refractivity contribution in [3.05, 3.63) is 40.0 Å². The van der Waals surface area contributed by atoms with Crippen LogP contribution in [-0.4, -0.2) is 89.4 Å². The third kappa shape index (κ3) is 17.4. The molecule has 1 aromatic rings. The summed E-state index contributed by atoms with van der Waals surface area (Å²) < 4.78 is 50.2. The van der Waals surface area contributed by atoms with Gasteiger partial charge in [0.15, 0.2) is 33.3 Å². The van der Waals surface area contributed by atoms with Crippen LogP contribution >= 0.6 is 22.6 Å². The highest BCUT2D eigenvalue weighted by Gasteiger charge is 2.51. The fraction of sp³-hybridized carbons (Fsp3) is 0.820. The molecule has 0 aliphatic carbocycles. The van der Waals surface area contributed by atoms with Crippen LogP contribution in [0.15, 0.2) is 34.4 Å². The summed E-state index contributed by atoms with van der Waals surface area (Å²) in [4.78, 5) is 14.1. The second-order valence-corrected chi connectivity index (χ2v) is 44.7. The molecule has 0 N–H and O–H groups in total. The Labute approximate surface area is 405 Å². The average molecular weight is 1060 g/mol. The number of carbonyl (C=O) groups is 1. The van der Waals surface area contributed by atoms with E-state index < -0.39 is 33.3 Å². The number of benzene rings is 1. The lowest BCUT2D eigenvalue weighted by molar-refractivity contribution is -0.124. The minimum absolute atomic E-state index is 0.000713. The largest absolute Gasteiger partial charge is 0.497 e. The van der Waals surface area contributed by atoms with E-state index in [4.69, 9.17) is 31.9 Å². The van der Waals surface area contributed by atoms with Gasteiger partial charge in [-0.3, -0.25) is 4.79 Å². The van der Waals surface area contributed by atoms with Gasteiger partial charge in [0.05, 0.1) is 56.9 Å². The highest BCUT2D eigenvalue weighted by molar-refractivity contribution is 14.1. The minimum atomic E-state index is -2.30. The summed E-state index contributed by atoms with van der Waals surface area (Å²) in [6.07, 6.45) is 3.04. The van der Waals surface area contributed by atoms with E-state index in [0.717, 1.165) is 11.3 Å². The van der Waals surface area contributed by atoms with E-state index in [1.807, 2.05) is 28.3 Å². The van der Waals surface area contributed by atoms with Crippen molar-refractivity contribution in [3.63, 3.8) is 0 Å². The highest BCUT2D eigenvalue weighted by atomic mass is 127. The lowest BCUT2D eigenvalue weighted by Crippen LogP contribution is -2.52. The molecule has 1 heterocycles. The lowest BCUT2D eigenvalue weighted by Gasteiger charge is -2.44. The summed E-state index contributed by atoms with van der Waals surface area (Å²) in [5.74, 6) is 0.972. The van der Waals surface area contributed by atoms with E-state index in [-0.39, 0.29) is 74.4 Å². The Morgan fingerprint density at radius 3 is 1.75 bits per heavy atom. The van der Waals surface area contributed by atoms with Crippen molar-refractivity contribution in [2.24, 2.45) is 11.8 Å². The first kappa shape index (κ1) is 58.9. The van der Waals surface area contributed by atoms with Crippen molar-refractivity contribution >= 4 is 61.6 Å². The molecule has 366 valence electrons. The van der Waals surface area contributed by atoms with Crippen molar-refractivity contribution in [2.45, 2.75) is 238 Å². The molecule has 0 saturated carbocycles. The molecule has 1 fully saturated rings. The number of hydrogen-bond donors (Lipinski definition) is 0. The normalized spacial score (nSPS) is 21.4. The van der Waals surface area contributed by atoms with E-state index in [1.165, 1.54) is 0 Å². The molecule has 8 atom stereocenters. The highest BCUT2D eigenvalue weighted by Crippen LogP contribution is 2.46. The van der Waals surface area contributed by atoms with Gasteiger partial charge >= 0.3 is 0 Å². The van der Waals surface area contributed by atoms with Crippen LogP contribution in [0.3, 0.4) is 0 Å². The van der Waals surface area contributed by atoms with Gasteiger partial charge in [-0.15, -0.1) is 0 Å². The van der Waals surface area contributed by atoms with E-state index in [0.29, 0.717) is 38.9 Å². The number of halogens is 1. The Hall–Kier alpha value is -0.212. The van der Waals surface area contributed by atoms with Gasteiger partial charge in [-0.1, -0.05) is 132 Å². The third-order valence-electron chi connectivity index (χ3n) is 15.4. The molecule has 0 unspecified atom stereocenters. The van der Waals surface area contributed by atoms with Gasteiger partial charge in [0.25, 0.3) is 0 Å². The summed E-state index contributed by atoms with van der Waals surface area (Å²) in [5.41, 5.74) is 1.06. The predicted octanol–water partition coefficient (Wildman–Crippen LogP) is 14.9. The SMILES string of the molecule is COc1ccc(CO[C@H](/C=C/I)[C@@H](C)CC(=O)C[C@H](C)[C@@H]2O[C@H]([C@H](C[C@H](CO[Si](C)(C)C(C)(C)C)O[Si](C)(C)C(C)(C)C)O[Si](C)(C)C(C)(C)C)C[C@@H]2O[Si](C)(C)C(C)(C)C)cc1. The smallest absolute Gasteiger partial charge is 0.192 e. The monoisotopic (exact) mass is 1060 g/mol. The van der Waals surface area contributed by atoms with Crippen molar-refractivity contribution < 1.29 is 36.7 Å². The Morgan fingerprint density at radius 1 is 0.762 bits per heavy atom. The van der Waals surface area contributed by atoms with Gasteiger partial charge in [-0.25, -0.2) is 0 Å². The van der Waals surface area contributed by atoms with Crippen LogP contribution in [0.4, 0.5) is 0 Å². The first-order valence-electron chi connectivity index (χ1n) is 23.7. The van der Waals surface area contributed by atoms with E-state index in [1.54, 1.807) is 7.11 Å². The lowest BCUT2D eigenvalue weighted by atomic mass is 9.89. The third-order valence-corrected chi connectivity index (χ3v) is 33.8. The maximum absolute atomic E-state index is 14.1. The summed E-state index contributed by atoms with van der Waals surface area (Å²) in [5, 5.41) is 0.110. The summed E-state index contributed by atoms with van der Waals surface area (Å²) >= 11 is 2.24. The zero-order chi connectivity index (χ0) is 48.8. The zero-order valence-electron chi connectivity index (χ0n) is 44.5. The summed E-state index contributed by atoms with van der Waals surface area (Å²) in [6, 6.07) is 7.93. The molecule has 13 heteroatoms. The Bertz CT molecular complexity index is 1590. The van der Waals surface area contributed by atoms with Crippen molar-refractivity contribution in [1.29, 1.82) is 0 Å². The molecule has 0 radical (unpaired) electrons. The van der Waals surface area contributed by atoms with Crippen LogP contribution in [0.25, 0.3) is 0 Å². The molecule has 2 rings (SSSR count). The standard InChI is InChI=1S/C50H95IO8Si4/c1-36(42(28-29-51)54-34-38-24-26-40(53-15)27-25-38)30-39(52)31-37(2)46-45(59-63(22,23)50(12,13)14)33-43(56-46)44(58-62(20,21)49(9,10)11)32-41(57-61(18,19)48(6,7)8)35-55-60(16,17)47(3,4)5/h24-29,36-37,41-46H,30-35H2,1-23H3/b29-28+/t36-,37-,41+,42+,43-,44-,45-,46-/m0/s1. The minimum Gasteiger partial charge on any atom is -0.497 e. The van der Waals surface area contributed by atoms with Crippen LogP contribution in [-0.2, 0) is 38.6 Å². The van der Waals surface area contributed by atoms with Crippen LogP contribution in [0.5, 0.6) is 5.75 Å². The van der Waals surface area contributed by atoms with Gasteiger partial charge in [-0.2, -0.15) is 0 Å². The zero-order valence-corrected chi connectivity index (χ0v) is 50.6. The van der Waals surface area contributed by atoms with E-state index in [9.17, 15) is 4.79 Å². The fourth-order valence-electron chi connectivity index (χ4n) is 6.90. The van der Waals surface area contributed by atoms with Gasteiger partial charge in [0, 0.05) is 25.7 Å². The van der Waals surface area contributed by atoms with Gasteiger partial charge in [0.2, 0.25) is 0 Å². The molecule has 0 bridgehead atoms. The average Bonchev–Trinajstić information content (AvgIpc) is 3.53. The molecule has 1 aliphatic heterocycles. The number of ether oxygens (including phenoxy) is 3. The molecule has 0 amide bonds. The molecule has 63 heavy (non-hydrogen) atoms. The number of carbonyl (C=O) groups excluding carboxylic acids is 1. The van der Waals surface area contributed by atoms with Gasteiger partial charge in [0.1, 0.15) is 11.5 Å². The molecule has 1 saturated heterocycles. The fourth-order valence-corrected chi connectivity index (χ4v) is 12.4. The van der Waals surface area contributed by atoms with Crippen LogP contribution in [0.2, 0.25) is 72.5 Å². The predicted molar refractivity (Wildman–Crippen MR) is 285 cm³/mol. The van der Waals surface area contributed by atoms with Crippen LogP contribution in [0.1, 0.15) is 128 Å². The van der Waals surface area contributed by atoms with Gasteiger partial charge in [-0.05, 0) is 112 Å². The molecule has 1 aromatic carbocycles. The Balaban J connectivity index is 2.53. The quantitative estimate of drug-likeness (QED) is 0.0792. The van der Waals surface area contributed by atoms with Crippen LogP contribution < -0.4 is 4.74 Å². The number of ketones is 1. The summed E-state index contributed by atoms with van der Waals surface area (Å²) in [6.45, 7) is 51.6. The maximum Gasteiger partial charge on any atom is 0.192 e. The van der Waals surface area contributed by atoms with Gasteiger partial charge < -0.3 is 31.9 Å². The second kappa shape index (κ2) is 22.9. The molecule has 0 aromatic heterocycles. The first-order valence-corrected chi connectivity index (χ1v) is 36.6. The van der Waals surface area contributed by atoms with E-state index >= 15 is 0 Å². The Kier molecular flexibility index (Phi) is 21.4. The Morgan fingerprint density at radius 2 is 1.27 bits per heavy atom. The second-order valence-electron chi connectivity index (χ2n) is 24.9. The first-order chi connectivity index (χ1) is 28.4. The molecule has 1 aliphatic rings. The maximum atomic E-state index is 14.1. The topological polar surface area (TPSA) is 81.7 Å². The number of rotatable bonds is 23. The summed E-state index contributed by atoms with van der Waals surface area (Å²) in [7, 11) is -7.15.